The SMILES string of the molecule is CN(CC(C)(C)CN)C(=O)C(C)(C)c1cccc(Br)c1.Cl. The van der Waals surface area contributed by atoms with Gasteiger partial charge in [-0.15, -0.1) is 12.4 Å². The highest BCUT2D eigenvalue weighted by atomic mass is 79.9. The molecular weight excluding hydrogens is 352 g/mol. The van der Waals surface area contributed by atoms with Gasteiger partial charge in [0.1, 0.15) is 0 Å². The van der Waals surface area contributed by atoms with Crippen molar-refractivity contribution in [3.8, 4) is 0 Å². The van der Waals surface area contributed by atoms with Crippen molar-refractivity contribution in [3.05, 3.63) is 34.3 Å². The van der Waals surface area contributed by atoms with Crippen LogP contribution in [0.1, 0.15) is 33.3 Å². The fourth-order valence-electron chi connectivity index (χ4n) is 2.26. The van der Waals surface area contributed by atoms with Crippen LogP contribution in [0.4, 0.5) is 0 Å². The lowest BCUT2D eigenvalue weighted by Gasteiger charge is -2.34. The predicted molar refractivity (Wildman–Crippen MR) is 94.9 cm³/mol. The summed E-state index contributed by atoms with van der Waals surface area (Å²) < 4.78 is 0.987. The predicted octanol–water partition coefficient (Wildman–Crippen LogP) is 3.59. The molecule has 0 aliphatic rings. The Kier molecular flexibility index (Phi) is 7.40. The summed E-state index contributed by atoms with van der Waals surface area (Å²) in [6, 6.07) is 7.91. The monoisotopic (exact) mass is 376 g/mol. The molecule has 0 saturated heterocycles. The van der Waals surface area contributed by atoms with E-state index in [0.29, 0.717) is 13.1 Å². The Bertz CT molecular complexity index is 489. The maximum absolute atomic E-state index is 12.7. The second-order valence-corrected chi connectivity index (χ2v) is 7.58. The Morgan fingerprint density at radius 1 is 1.29 bits per heavy atom. The van der Waals surface area contributed by atoms with Gasteiger partial charge >= 0.3 is 0 Å². The Morgan fingerprint density at radius 3 is 2.33 bits per heavy atom. The normalized spacial score (nSPS) is 11.8. The van der Waals surface area contributed by atoms with Gasteiger partial charge in [0, 0.05) is 18.1 Å². The van der Waals surface area contributed by atoms with Crippen LogP contribution >= 0.6 is 28.3 Å². The number of nitrogens with zero attached hydrogens (tertiary/aromatic N) is 1. The van der Waals surface area contributed by atoms with E-state index >= 15 is 0 Å². The van der Waals surface area contributed by atoms with E-state index in [1.165, 1.54) is 0 Å². The molecule has 1 aromatic carbocycles. The first kappa shape index (κ1) is 20.4. The van der Waals surface area contributed by atoms with E-state index in [9.17, 15) is 4.79 Å². The quantitative estimate of drug-likeness (QED) is 0.852. The second kappa shape index (κ2) is 7.61. The first-order chi connectivity index (χ1) is 9.10. The minimum Gasteiger partial charge on any atom is -0.344 e. The van der Waals surface area contributed by atoms with Gasteiger partial charge in [-0.25, -0.2) is 0 Å². The Labute approximate surface area is 142 Å². The highest BCUT2D eigenvalue weighted by Gasteiger charge is 2.34. The van der Waals surface area contributed by atoms with Gasteiger partial charge in [0.2, 0.25) is 5.91 Å². The summed E-state index contributed by atoms with van der Waals surface area (Å²) in [6.45, 7) is 9.28. The summed E-state index contributed by atoms with van der Waals surface area (Å²) in [5.74, 6) is 0.108. The molecule has 2 N–H and O–H groups in total. The summed E-state index contributed by atoms with van der Waals surface area (Å²) >= 11 is 3.46. The van der Waals surface area contributed by atoms with Crippen molar-refractivity contribution in [2.45, 2.75) is 33.1 Å². The number of hydrogen-bond acceptors (Lipinski definition) is 2. The summed E-state index contributed by atoms with van der Waals surface area (Å²) in [5, 5.41) is 0. The van der Waals surface area contributed by atoms with E-state index in [2.05, 4.69) is 29.8 Å². The number of hydrogen-bond donors (Lipinski definition) is 1. The Balaban J connectivity index is 0.00000400. The van der Waals surface area contributed by atoms with E-state index in [1.54, 1.807) is 4.90 Å². The van der Waals surface area contributed by atoms with Crippen LogP contribution < -0.4 is 5.73 Å². The van der Waals surface area contributed by atoms with Gasteiger partial charge in [0.15, 0.2) is 0 Å². The van der Waals surface area contributed by atoms with Crippen molar-refractivity contribution < 1.29 is 4.79 Å². The van der Waals surface area contributed by atoms with Gasteiger partial charge in [-0.3, -0.25) is 4.79 Å². The zero-order valence-electron chi connectivity index (χ0n) is 13.4. The molecule has 1 rings (SSSR count). The van der Waals surface area contributed by atoms with Gasteiger partial charge in [0.05, 0.1) is 5.41 Å². The number of carbonyl (C=O) groups excluding carboxylic acids is 1. The number of benzene rings is 1. The van der Waals surface area contributed by atoms with Gasteiger partial charge in [-0.05, 0) is 43.5 Å². The smallest absolute Gasteiger partial charge is 0.232 e. The molecule has 120 valence electrons. The third kappa shape index (κ3) is 5.28. The molecule has 1 aromatic rings. The van der Waals surface area contributed by atoms with Crippen molar-refractivity contribution in [1.82, 2.24) is 4.90 Å². The van der Waals surface area contributed by atoms with Crippen molar-refractivity contribution in [3.63, 3.8) is 0 Å². The van der Waals surface area contributed by atoms with Gasteiger partial charge < -0.3 is 10.6 Å². The molecule has 5 heteroatoms. The molecule has 0 saturated carbocycles. The van der Waals surface area contributed by atoms with Gasteiger partial charge in [-0.1, -0.05) is 41.9 Å². The summed E-state index contributed by atoms with van der Waals surface area (Å²) in [7, 11) is 1.85. The van der Waals surface area contributed by atoms with Crippen molar-refractivity contribution >= 4 is 34.2 Å². The summed E-state index contributed by atoms with van der Waals surface area (Å²) in [5.41, 5.74) is 6.14. The van der Waals surface area contributed by atoms with Crippen LogP contribution in [0, 0.1) is 5.41 Å². The molecule has 3 nitrogen and oxygen atoms in total. The maximum Gasteiger partial charge on any atom is 0.232 e. The largest absolute Gasteiger partial charge is 0.344 e. The van der Waals surface area contributed by atoms with Gasteiger partial charge in [-0.2, -0.15) is 0 Å². The molecule has 1 amide bonds. The molecule has 0 aliphatic carbocycles. The molecule has 0 atom stereocenters. The van der Waals surface area contributed by atoms with Crippen LogP contribution in [0.3, 0.4) is 0 Å². The number of amides is 1. The summed E-state index contributed by atoms with van der Waals surface area (Å²) in [6.07, 6.45) is 0. The fourth-order valence-corrected chi connectivity index (χ4v) is 2.66. The molecule has 0 radical (unpaired) electrons. The Hall–Kier alpha value is -0.580. The van der Waals surface area contributed by atoms with Crippen molar-refractivity contribution in [2.24, 2.45) is 11.1 Å². The minimum absolute atomic E-state index is 0. The molecular formula is C16H26BrClN2O. The minimum atomic E-state index is -0.552. The maximum atomic E-state index is 12.7. The zero-order chi connectivity index (χ0) is 15.6. The zero-order valence-corrected chi connectivity index (χ0v) is 15.8. The van der Waals surface area contributed by atoms with E-state index in [1.807, 2.05) is 45.2 Å². The van der Waals surface area contributed by atoms with Crippen LogP contribution in [0.25, 0.3) is 0 Å². The third-order valence-corrected chi connectivity index (χ3v) is 4.14. The van der Waals surface area contributed by atoms with Gasteiger partial charge in [0.25, 0.3) is 0 Å². The third-order valence-electron chi connectivity index (χ3n) is 3.65. The molecule has 0 unspecified atom stereocenters. The molecule has 0 heterocycles. The second-order valence-electron chi connectivity index (χ2n) is 6.66. The number of nitrogens with two attached hydrogens (primary N) is 1. The summed E-state index contributed by atoms with van der Waals surface area (Å²) in [4.78, 5) is 14.5. The number of rotatable bonds is 5. The van der Waals surface area contributed by atoms with Crippen LogP contribution in [0.2, 0.25) is 0 Å². The topological polar surface area (TPSA) is 46.3 Å². The van der Waals surface area contributed by atoms with E-state index in [4.69, 9.17) is 5.73 Å². The van der Waals surface area contributed by atoms with E-state index in [-0.39, 0.29) is 23.7 Å². The number of carbonyl (C=O) groups is 1. The molecule has 0 spiro atoms. The first-order valence-corrected chi connectivity index (χ1v) is 7.61. The highest BCUT2D eigenvalue weighted by molar-refractivity contribution is 9.10. The number of likely N-dealkylation sites (N-methyl/N-ethyl adjacent to an activating group) is 1. The average Bonchev–Trinajstić information content (AvgIpc) is 2.37. The highest BCUT2D eigenvalue weighted by Crippen LogP contribution is 2.28. The first-order valence-electron chi connectivity index (χ1n) is 6.82. The van der Waals surface area contributed by atoms with Crippen molar-refractivity contribution in [1.29, 1.82) is 0 Å². The lowest BCUT2D eigenvalue weighted by molar-refractivity contribution is -0.136. The molecule has 0 bridgehead atoms. The number of halogens is 2. The van der Waals surface area contributed by atoms with Crippen LogP contribution in [0.15, 0.2) is 28.7 Å². The molecule has 21 heavy (non-hydrogen) atoms. The fraction of sp³-hybridized carbons (Fsp3) is 0.562. The van der Waals surface area contributed by atoms with E-state index < -0.39 is 5.41 Å². The van der Waals surface area contributed by atoms with Crippen LogP contribution in [-0.2, 0) is 10.2 Å². The lowest BCUT2D eigenvalue weighted by Crippen LogP contribution is -2.46. The van der Waals surface area contributed by atoms with E-state index in [0.717, 1.165) is 10.0 Å². The average molecular weight is 378 g/mol. The molecule has 0 aliphatic heterocycles. The lowest BCUT2D eigenvalue weighted by atomic mass is 9.82. The molecule has 0 fully saturated rings. The van der Waals surface area contributed by atoms with Crippen molar-refractivity contribution in [2.75, 3.05) is 20.1 Å². The van der Waals surface area contributed by atoms with Crippen LogP contribution in [0.5, 0.6) is 0 Å². The van der Waals surface area contributed by atoms with Crippen LogP contribution in [-0.4, -0.2) is 30.9 Å². The molecule has 0 aromatic heterocycles. The standard InChI is InChI=1S/C16H25BrN2O.ClH/c1-15(2,10-18)11-19(5)14(20)16(3,4)12-7-6-8-13(17)9-12;/h6-9H,10-11,18H2,1-5H3;1H. The Morgan fingerprint density at radius 2 is 1.86 bits per heavy atom.